The number of hydrogen-bond acceptors (Lipinski definition) is 4. The predicted molar refractivity (Wildman–Crippen MR) is 73.9 cm³/mol. The molecule has 1 aliphatic rings. The van der Waals surface area contributed by atoms with Crippen LogP contribution in [0.4, 0.5) is 0 Å². The smallest absolute Gasteiger partial charge is 0.326 e. The third-order valence-electron chi connectivity index (χ3n) is 2.96. The van der Waals surface area contributed by atoms with E-state index in [1.807, 2.05) is 0 Å². The summed E-state index contributed by atoms with van der Waals surface area (Å²) in [6, 6.07) is 0. The standard InChI is InChI=1S/C14H24N2O4/c1-14(2,3)20-13(19)10-15(4)12(18)9-16-8-6-5-7-11(16)17/h5-10H2,1-4H3. The summed E-state index contributed by atoms with van der Waals surface area (Å²) in [6.45, 7) is 5.89. The first kappa shape index (κ1) is 16.5. The molecule has 0 aromatic carbocycles. The molecule has 0 aromatic heterocycles. The Hall–Kier alpha value is -1.59. The Balaban J connectivity index is 2.42. The second-order valence-corrected chi connectivity index (χ2v) is 6.11. The fourth-order valence-electron chi connectivity index (χ4n) is 1.97. The second kappa shape index (κ2) is 6.72. The van der Waals surface area contributed by atoms with Gasteiger partial charge in [0.05, 0.1) is 6.54 Å². The van der Waals surface area contributed by atoms with Crippen molar-refractivity contribution in [3.63, 3.8) is 0 Å². The van der Waals surface area contributed by atoms with E-state index in [1.165, 1.54) is 4.90 Å². The molecule has 0 unspecified atom stereocenters. The van der Waals surface area contributed by atoms with Gasteiger partial charge in [-0.25, -0.2) is 0 Å². The molecule has 114 valence electrons. The highest BCUT2D eigenvalue weighted by Gasteiger charge is 2.24. The van der Waals surface area contributed by atoms with E-state index in [1.54, 1.807) is 32.7 Å². The van der Waals surface area contributed by atoms with Crippen molar-refractivity contribution in [2.24, 2.45) is 0 Å². The second-order valence-electron chi connectivity index (χ2n) is 6.11. The third kappa shape index (κ3) is 5.59. The van der Waals surface area contributed by atoms with Crippen LogP contribution in [0, 0.1) is 0 Å². The number of likely N-dealkylation sites (tertiary alicyclic amines) is 1. The number of nitrogens with zero attached hydrogens (tertiary/aromatic N) is 2. The maximum atomic E-state index is 12.0. The number of hydrogen-bond donors (Lipinski definition) is 0. The van der Waals surface area contributed by atoms with Crippen molar-refractivity contribution in [2.45, 2.75) is 45.6 Å². The largest absolute Gasteiger partial charge is 0.459 e. The average Bonchev–Trinajstić information content (AvgIpc) is 2.29. The Labute approximate surface area is 120 Å². The topological polar surface area (TPSA) is 66.9 Å². The number of rotatable bonds is 4. The van der Waals surface area contributed by atoms with Gasteiger partial charge >= 0.3 is 5.97 Å². The van der Waals surface area contributed by atoms with Crippen molar-refractivity contribution in [1.29, 1.82) is 0 Å². The van der Waals surface area contributed by atoms with E-state index in [4.69, 9.17) is 4.74 Å². The van der Waals surface area contributed by atoms with Crippen LogP contribution in [0.25, 0.3) is 0 Å². The normalized spacial score (nSPS) is 16.0. The van der Waals surface area contributed by atoms with Gasteiger partial charge in [0, 0.05) is 20.0 Å². The summed E-state index contributed by atoms with van der Waals surface area (Å²) in [7, 11) is 1.54. The van der Waals surface area contributed by atoms with Gasteiger partial charge in [-0.2, -0.15) is 0 Å². The number of piperidine rings is 1. The molecule has 1 saturated heterocycles. The van der Waals surface area contributed by atoms with Crippen molar-refractivity contribution >= 4 is 17.8 Å². The van der Waals surface area contributed by atoms with Gasteiger partial charge < -0.3 is 14.5 Å². The first-order chi connectivity index (χ1) is 9.19. The number of esters is 1. The van der Waals surface area contributed by atoms with E-state index in [2.05, 4.69) is 0 Å². The molecule has 0 saturated carbocycles. The molecule has 0 aliphatic carbocycles. The molecule has 0 aromatic rings. The van der Waals surface area contributed by atoms with E-state index in [0.717, 1.165) is 12.8 Å². The van der Waals surface area contributed by atoms with Gasteiger partial charge in [-0.3, -0.25) is 14.4 Å². The highest BCUT2D eigenvalue weighted by molar-refractivity contribution is 5.87. The minimum Gasteiger partial charge on any atom is -0.459 e. The molecule has 6 heteroatoms. The number of likely N-dealkylation sites (N-methyl/N-ethyl adjacent to an activating group) is 1. The fourth-order valence-corrected chi connectivity index (χ4v) is 1.97. The molecule has 0 atom stereocenters. The molecule has 0 N–H and O–H groups in total. The van der Waals surface area contributed by atoms with Crippen molar-refractivity contribution in [3.8, 4) is 0 Å². The van der Waals surface area contributed by atoms with Crippen molar-refractivity contribution in [2.75, 3.05) is 26.7 Å². The van der Waals surface area contributed by atoms with Crippen LogP contribution in [0.15, 0.2) is 0 Å². The SMILES string of the molecule is CN(CC(=O)OC(C)(C)C)C(=O)CN1CCCCC1=O. The predicted octanol–water partition coefficient (Wildman–Crippen LogP) is 0.799. The summed E-state index contributed by atoms with van der Waals surface area (Å²) >= 11 is 0. The molecular weight excluding hydrogens is 260 g/mol. The molecule has 0 spiro atoms. The first-order valence-electron chi connectivity index (χ1n) is 6.92. The maximum absolute atomic E-state index is 12.0. The van der Waals surface area contributed by atoms with E-state index in [-0.39, 0.29) is 24.9 Å². The molecule has 1 rings (SSSR count). The van der Waals surface area contributed by atoms with Gasteiger partial charge in [-0.1, -0.05) is 0 Å². The number of carbonyl (C=O) groups is 3. The lowest BCUT2D eigenvalue weighted by Gasteiger charge is -2.28. The summed E-state index contributed by atoms with van der Waals surface area (Å²) < 4.78 is 5.16. The first-order valence-corrected chi connectivity index (χ1v) is 6.92. The number of amides is 2. The summed E-state index contributed by atoms with van der Waals surface area (Å²) in [4.78, 5) is 38.1. The zero-order valence-electron chi connectivity index (χ0n) is 12.8. The molecule has 2 amide bonds. The molecule has 0 bridgehead atoms. The lowest BCUT2D eigenvalue weighted by Crippen LogP contribution is -2.45. The molecule has 6 nitrogen and oxygen atoms in total. The molecule has 1 fully saturated rings. The number of ether oxygens (including phenoxy) is 1. The molecular formula is C14H24N2O4. The highest BCUT2D eigenvalue weighted by Crippen LogP contribution is 2.11. The van der Waals surface area contributed by atoms with Crippen LogP contribution in [0.1, 0.15) is 40.0 Å². The zero-order valence-corrected chi connectivity index (χ0v) is 12.8. The van der Waals surface area contributed by atoms with E-state index in [9.17, 15) is 14.4 Å². The summed E-state index contributed by atoms with van der Waals surface area (Å²) in [5.74, 6) is -0.681. The van der Waals surface area contributed by atoms with Gasteiger partial charge in [-0.15, -0.1) is 0 Å². The Kier molecular flexibility index (Phi) is 5.53. The third-order valence-corrected chi connectivity index (χ3v) is 2.96. The van der Waals surface area contributed by atoms with Gasteiger partial charge in [-0.05, 0) is 33.6 Å². The van der Waals surface area contributed by atoms with Crippen molar-refractivity contribution < 1.29 is 19.1 Å². The minimum atomic E-state index is -0.566. The van der Waals surface area contributed by atoms with Gasteiger partial charge in [0.15, 0.2) is 0 Å². The fraction of sp³-hybridized carbons (Fsp3) is 0.786. The van der Waals surface area contributed by atoms with Crippen LogP contribution in [0.2, 0.25) is 0 Å². The Morgan fingerprint density at radius 2 is 1.95 bits per heavy atom. The summed E-state index contributed by atoms with van der Waals surface area (Å²) in [6.07, 6.45) is 2.31. The van der Waals surface area contributed by atoms with Crippen molar-refractivity contribution in [3.05, 3.63) is 0 Å². The van der Waals surface area contributed by atoms with Crippen LogP contribution in [-0.2, 0) is 19.1 Å². The number of carbonyl (C=O) groups excluding carboxylic acids is 3. The van der Waals surface area contributed by atoms with Crippen molar-refractivity contribution in [1.82, 2.24) is 9.80 Å². The Morgan fingerprint density at radius 1 is 1.30 bits per heavy atom. The lowest BCUT2D eigenvalue weighted by atomic mass is 10.1. The van der Waals surface area contributed by atoms with Gasteiger partial charge in [0.25, 0.3) is 0 Å². The maximum Gasteiger partial charge on any atom is 0.326 e. The Bertz CT molecular complexity index is 387. The van der Waals surface area contributed by atoms with Gasteiger partial charge in [0.2, 0.25) is 11.8 Å². The van der Waals surface area contributed by atoms with Crippen LogP contribution in [0.3, 0.4) is 0 Å². The summed E-state index contributed by atoms with van der Waals surface area (Å²) in [5, 5.41) is 0. The Morgan fingerprint density at radius 3 is 2.50 bits per heavy atom. The van der Waals surface area contributed by atoms with Crippen LogP contribution in [-0.4, -0.2) is 59.9 Å². The lowest BCUT2D eigenvalue weighted by molar-refractivity contribution is -0.158. The minimum absolute atomic E-state index is 0.00951. The highest BCUT2D eigenvalue weighted by atomic mass is 16.6. The van der Waals surface area contributed by atoms with E-state index in [0.29, 0.717) is 13.0 Å². The molecule has 20 heavy (non-hydrogen) atoms. The monoisotopic (exact) mass is 284 g/mol. The van der Waals surface area contributed by atoms with E-state index < -0.39 is 11.6 Å². The quantitative estimate of drug-likeness (QED) is 0.716. The molecule has 0 radical (unpaired) electrons. The average molecular weight is 284 g/mol. The van der Waals surface area contributed by atoms with Crippen LogP contribution in [0.5, 0.6) is 0 Å². The zero-order chi connectivity index (χ0) is 15.3. The van der Waals surface area contributed by atoms with Crippen LogP contribution >= 0.6 is 0 Å². The molecule has 1 heterocycles. The molecule has 1 aliphatic heterocycles. The summed E-state index contributed by atoms with van der Waals surface area (Å²) in [5.41, 5.74) is -0.566. The van der Waals surface area contributed by atoms with Gasteiger partial charge in [0.1, 0.15) is 12.1 Å². The van der Waals surface area contributed by atoms with E-state index >= 15 is 0 Å². The van der Waals surface area contributed by atoms with Crippen LogP contribution < -0.4 is 0 Å².